The van der Waals surface area contributed by atoms with E-state index in [9.17, 15) is 0 Å². The molecule has 0 fully saturated rings. The summed E-state index contributed by atoms with van der Waals surface area (Å²) in [5.74, 6) is 0. The molecule has 2 aromatic heterocycles. The predicted molar refractivity (Wildman–Crippen MR) is 151 cm³/mol. The van der Waals surface area contributed by atoms with Gasteiger partial charge in [0.05, 0.1) is 11.0 Å². The highest BCUT2D eigenvalue weighted by Gasteiger charge is 2.37. The van der Waals surface area contributed by atoms with Crippen molar-refractivity contribution in [2.24, 2.45) is 0 Å². The summed E-state index contributed by atoms with van der Waals surface area (Å²) < 4.78 is 5.16. The number of rotatable bonds is 1. The maximum absolute atomic E-state index is 2.47. The van der Waals surface area contributed by atoms with Gasteiger partial charge in [0.2, 0.25) is 0 Å². The van der Waals surface area contributed by atoms with Crippen molar-refractivity contribution in [2.45, 2.75) is 19.3 Å². The first-order valence-corrected chi connectivity index (χ1v) is 13.0. The van der Waals surface area contributed by atoms with Gasteiger partial charge in [-0.25, -0.2) is 0 Å². The van der Waals surface area contributed by atoms with Gasteiger partial charge in [-0.15, -0.1) is 11.3 Å². The summed E-state index contributed by atoms with van der Waals surface area (Å²) >= 11 is 1.90. The Kier molecular flexibility index (Phi) is 3.67. The number of fused-ring (bicyclic) bond motifs is 9. The highest BCUT2D eigenvalue weighted by atomic mass is 32.1. The second-order valence-corrected chi connectivity index (χ2v) is 11.3. The molecule has 0 bridgehead atoms. The molecule has 0 amide bonds. The molecule has 1 aliphatic rings. The molecule has 8 rings (SSSR count). The van der Waals surface area contributed by atoms with Crippen molar-refractivity contribution < 1.29 is 0 Å². The number of aromatic nitrogens is 1. The van der Waals surface area contributed by atoms with E-state index < -0.39 is 0 Å². The first-order valence-electron chi connectivity index (χ1n) is 12.2. The molecule has 1 nitrogen and oxygen atoms in total. The largest absolute Gasteiger partial charge is 0.309 e. The van der Waals surface area contributed by atoms with Gasteiger partial charge in [0, 0.05) is 42.0 Å². The van der Waals surface area contributed by atoms with Crippen molar-refractivity contribution in [3.63, 3.8) is 0 Å². The molecule has 7 aromatic rings. The number of benzene rings is 5. The Morgan fingerprint density at radius 1 is 0.543 bits per heavy atom. The molecule has 0 unspecified atom stereocenters. The van der Waals surface area contributed by atoms with E-state index in [1.54, 1.807) is 0 Å². The van der Waals surface area contributed by atoms with Gasteiger partial charge in [-0.1, -0.05) is 68.4 Å². The van der Waals surface area contributed by atoms with Gasteiger partial charge < -0.3 is 4.57 Å². The van der Waals surface area contributed by atoms with Gasteiger partial charge >= 0.3 is 0 Å². The third kappa shape index (κ3) is 2.47. The molecule has 2 heteroatoms. The Morgan fingerprint density at radius 3 is 2.03 bits per heavy atom. The van der Waals surface area contributed by atoms with Gasteiger partial charge in [0.15, 0.2) is 0 Å². The maximum atomic E-state index is 2.47. The standard InChI is InChI=1S/C33H23NS/c1-33(2)27-16-25-21-12-6-8-14-29(21)34(20-10-4-3-5-11-20)30(25)18-23(27)24-19-32-26(17-28(24)33)22-13-7-9-15-31(22)35-32/h3-19H,1-2H3. The zero-order valence-electron chi connectivity index (χ0n) is 19.7. The Balaban J connectivity index is 1.50. The monoisotopic (exact) mass is 465 g/mol. The molecule has 0 radical (unpaired) electrons. The van der Waals surface area contributed by atoms with E-state index in [2.05, 4.69) is 122 Å². The topological polar surface area (TPSA) is 4.93 Å². The molecule has 0 N–H and O–H groups in total. The summed E-state index contributed by atoms with van der Waals surface area (Å²) in [6.07, 6.45) is 0. The van der Waals surface area contributed by atoms with E-state index in [1.807, 2.05) is 11.3 Å². The van der Waals surface area contributed by atoms with Crippen LogP contribution < -0.4 is 0 Å². The van der Waals surface area contributed by atoms with E-state index >= 15 is 0 Å². The first kappa shape index (κ1) is 19.4. The van der Waals surface area contributed by atoms with E-state index in [0.717, 1.165) is 0 Å². The summed E-state index contributed by atoms with van der Waals surface area (Å²) in [7, 11) is 0. The predicted octanol–water partition coefficient (Wildman–Crippen LogP) is 9.46. The minimum Gasteiger partial charge on any atom is -0.309 e. The quantitative estimate of drug-likeness (QED) is 0.227. The van der Waals surface area contributed by atoms with Gasteiger partial charge in [-0.2, -0.15) is 0 Å². The van der Waals surface area contributed by atoms with Gasteiger partial charge in [0.25, 0.3) is 0 Å². The van der Waals surface area contributed by atoms with Gasteiger partial charge in [-0.05, 0) is 70.8 Å². The van der Waals surface area contributed by atoms with Crippen molar-refractivity contribution in [1.82, 2.24) is 4.57 Å². The highest BCUT2D eigenvalue weighted by Crippen LogP contribution is 2.53. The maximum Gasteiger partial charge on any atom is 0.0547 e. The second kappa shape index (κ2) is 6.62. The average Bonchev–Trinajstić information content (AvgIpc) is 3.48. The fourth-order valence-electron chi connectivity index (χ4n) is 6.27. The van der Waals surface area contributed by atoms with Gasteiger partial charge in [-0.3, -0.25) is 0 Å². The third-order valence-corrected chi connectivity index (χ3v) is 9.11. The molecule has 0 saturated heterocycles. The average molecular weight is 466 g/mol. The molecule has 0 spiro atoms. The van der Waals surface area contributed by atoms with E-state index in [1.165, 1.54) is 69.9 Å². The van der Waals surface area contributed by atoms with Crippen molar-refractivity contribution in [1.29, 1.82) is 0 Å². The molecule has 0 saturated carbocycles. The van der Waals surface area contributed by atoms with Crippen LogP contribution in [0.1, 0.15) is 25.0 Å². The second-order valence-electron chi connectivity index (χ2n) is 10.2. The molecule has 0 aliphatic heterocycles. The zero-order valence-corrected chi connectivity index (χ0v) is 20.5. The van der Waals surface area contributed by atoms with Crippen molar-refractivity contribution >= 4 is 53.3 Å². The SMILES string of the molecule is CC1(C)c2cc3c(cc2-c2cc4c(cc21)c1ccccc1n4-c1ccccc1)sc1ccccc13. The number of para-hydroxylation sites is 2. The van der Waals surface area contributed by atoms with Crippen LogP contribution in [0.15, 0.2) is 103 Å². The van der Waals surface area contributed by atoms with E-state index in [0.29, 0.717) is 0 Å². The zero-order chi connectivity index (χ0) is 23.3. The number of hydrogen-bond donors (Lipinski definition) is 0. The lowest BCUT2D eigenvalue weighted by Crippen LogP contribution is -2.14. The van der Waals surface area contributed by atoms with Crippen molar-refractivity contribution in [3.05, 3.63) is 114 Å². The van der Waals surface area contributed by atoms with Crippen LogP contribution in [0.3, 0.4) is 0 Å². The summed E-state index contributed by atoms with van der Waals surface area (Å²) in [5, 5.41) is 5.40. The van der Waals surface area contributed by atoms with Crippen molar-refractivity contribution in [3.8, 4) is 16.8 Å². The minimum absolute atomic E-state index is 0.0496. The summed E-state index contributed by atoms with van der Waals surface area (Å²) in [4.78, 5) is 0. The van der Waals surface area contributed by atoms with Gasteiger partial charge in [0.1, 0.15) is 0 Å². The van der Waals surface area contributed by atoms with Crippen LogP contribution in [-0.2, 0) is 5.41 Å². The van der Waals surface area contributed by atoms with Crippen LogP contribution in [0.5, 0.6) is 0 Å². The molecule has 5 aromatic carbocycles. The summed E-state index contributed by atoms with van der Waals surface area (Å²) in [6, 6.07) is 38.2. The lowest BCUT2D eigenvalue weighted by atomic mass is 9.81. The highest BCUT2D eigenvalue weighted by molar-refractivity contribution is 7.25. The summed E-state index contributed by atoms with van der Waals surface area (Å²) in [5.41, 5.74) is 9.31. The van der Waals surface area contributed by atoms with Crippen LogP contribution >= 0.6 is 11.3 Å². The normalized spacial score (nSPS) is 14.2. The molecule has 1 aliphatic carbocycles. The Bertz CT molecular complexity index is 1970. The molecular weight excluding hydrogens is 442 g/mol. The number of hydrogen-bond acceptors (Lipinski definition) is 1. The van der Waals surface area contributed by atoms with Crippen LogP contribution in [0.2, 0.25) is 0 Å². The smallest absolute Gasteiger partial charge is 0.0547 e. The van der Waals surface area contributed by atoms with Crippen LogP contribution in [0.4, 0.5) is 0 Å². The number of nitrogens with zero attached hydrogens (tertiary/aromatic N) is 1. The third-order valence-electron chi connectivity index (χ3n) is 7.98. The van der Waals surface area contributed by atoms with Crippen LogP contribution in [-0.4, -0.2) is 4.57 Å². The van der Waals surface area contributed by atoms with Crippen LogP contribution in [0.25, 0.3) is 58.8 Å². The molecule has 2 heterocycles. The molecular formula is C33H23NS. The van der Waals surface area contributed by atoms with Crippen molar-refractivity contribution in [2.75, 3.05) is 0 Å². The first-order chi connectivity index (χ1) is 17.1. The van der Waals surface area contributed by atoms with E-state index in [-0.39, 0.29) is 5.41 Å². The minimum atomic E-state index is -0.0496. The Morgan fingerprint density at radius 2 is 1.20 bits per heavy atom. The lowest BCUT2D eigenvalue weighted by Gasteiger charge is -2.21. The number of thiophene rings is 1. The fraction of sp³-hybridized carbons (Fsp3) is 0.0909. The fourth-order valence-corrected chi connectivity index (χ4v) is 7.39. The Labute approximate surface area is 207 Å². The Hall–Kier alpha value is -3.88. The van der Waals surface area contributed by atoms with Crippen LogP contribution in [0, 0.1) is 0 Å². The molecule has 35 heavy (non-hydrogen) atoms. The molecule has 166 valence electrons. The summed E-state index contributed by atoms with van der Waals surface area (Å²) in [6.45, 7) is 4.78. The van der Waals surface area contributed by atoms with E-state index in [4.69, 9.17) is 0 Å². The lowest BCUT2D eigenvalue weighted by molar-refractivity contribution is 0.662. The molecule has 0 atom stereocenters.